The van der Waals surface area contributed by atoms with Gasteiger partial charge in [0.25, 0.3) is 0 Å². The Bertz CT molecular complexity index is 553. The number of carboxylic acid groups (broad SMARTS) is 2. The summed E-state index contributed by atoms with van der Waals surface area (Å²) in [7, 11) is 0. The standard InChI is InChI=1S/C16H22O6/c1-13-5-6-14(2,21-13)10-9(13)15(3)7(11(17)18)8(12(19)20)16(10,4)22-15/h7-10H,5-6H2,1-4H3,(H,17,18)(H,19,20)/t7-,8+,9-,10-,13+,14-,15-,16-/m0/s1. The average Bonchev–Trinajstić information content (AvgIpc) is 2.96. The number of rotatable bonds is 2. The van der Waals surface area contributed by atoms with Crippen LogP contribution in [0.15, 0.2) is 0 Å². The van der Waals surface area contributed by atoms with Gasteiger partial charge < -0.3 is 19.7 Å². The molecule has 4 saturated heterocycles. The first-order valence-electron chi connectivity index (χ1n) is 7.86. The van der Waals surface area contributed by atoms with Gasteiger partial charge in [-0.15, -0.1) is 0 Å². The van der Waals surface area contributed by atoms with E-state index in [1.807, 2.05) is 13.8 Å². The number of carbonyl (C=O) groups is 2. The van der Waals surface area contributed by atoms with Gasteiger partial charge in [0.1, 0.15) is 11.8 Å². The SMILES string of the molecule is C[C@@]12O[C@](C)([C@H]3[C@H]1[C@@]1(C)CC[C@]3(C)O1)[C@@H](C(=O)O)[C@H]2C(=O)O. The number of ether oxygens (including phenoxy) is 2. The maximum Gasteiger partial charge on any atom is 0.310 e. The van der Waals surface area contributed by atoms with Gasteiger partial charge in [-0.25, -0.2) is 0 Å². The topological polar surface area (TPSA) is 93.1 Å². The van der Waals surface area contributed by atoms with Crippen molar-refractivity contribution in [3.63, 3.8) is 0 Å². The van der Waals surface area contributed by atoms with E-state index in [1.165, 1.54) is 0 Å². The summed E-state index contributed by atoms with van der Waals surface area (Å²) in [6, 6.07) is 0. The van der Waals surface area contributed by atoms with Crippen molar-refractivity contribution in [2.45, 2.75) is 62.9 Å². The van der Waals surface area contributed by atoms with Crippen molar-refractivity contribution in [3.8, 4) is 0 Å². The summed E-state index contributed by atoms with van der Waals surface area (Å²) < 4.78 is 12.5. The molecule has 122 valence electrons. The van der Waals surface area contributed by atoms with Gasteiger partial charge >= 0.3 is 11.9 Å². The average molecular weight is 310 g/mol. The molecule has 4 aliphatic rings. The lowest BCUT2D eigenvalue weighted by Gasteiger charge is -2.47. The Balaban J connectivity index is 1.93. The molecule has 6 heteroatoms. The van der Waals surface area contributed by atoms with E-state index in [-0.39, 0.29) is 11.8 Å². The van der Waals surface area contributed by atoms with E-state index in [1.54, 1.807) is 13.8 Å². The molecular weight excluding hydrogens is 288 g/mol. The lowest BCUT2D eigenvalue weighted by atomic mass is 9.49. The van der Waals surface area contributed by atoms with Crippen LogP contribution in [0.2, 0.25) is 0 Å². The second kappa shape index (κ2) is 3.51. The molecule has 4 aliphatic heterocycles. The van der Waals surface area contributed by atoms with Crippen LogP contribution in [0.5, 0.6) is 0 Å². The Morgan fingerprint density at radius 3 is 1.50 bits per heavy atom. The van der Waals surface area contributed by atoms with Crippen molar-refractivity contribution in [2.24, 2.45) is 23.7 Å². The fourth-order valence-corrected chi connectivity index (χ4v) is 6.70. The molecular formula is C16H22O6. The van der Waals surface area contributed by atoms with Gasteiger partial charge in [-0.3, -0.25) is 9.59 Å². The fraction of sp³-hybridized carbons (Fsp3) is 0.875. The van der Waals surface area contributed by atoms with E-state index in [0.717, 1.165) is 12.8 Å². The third-order valence-electron chi connectivity index (χ3n) is 7.01. The zero-order valence-corrected chi connectivity index (χ0v) is 13.3. The highest BCUT2D eigenvalue weighted by Crippen LogP contribution is 2.75. The molecule has 4 rings (SSSR count). The van der Waals surface area contributed by atoms with E-state index >= 15 is 0 Å². The fourth-order valence-electron chi connectivity index (χ4n) is 6.70. The number of aliphatic carboxylic acids is 2. The number of carboxylic acids is 2. The normalized spacial score (nSPS) is 61.5. The minimum Gasteiger partial charge on any atom is -0.481 e. The molecule has 0 saturated carbocycles. The van der Waals surface area contributed by atoms with Crippen molar-refractivity contribution >= 4 is 11.9 Å². The summed E-state index contributed by atoms with van der Waals surface area (Å²) in [5, 5.41) is 19.4. The summed E-state index contributed by atoms with van der Waals surface area (Å²) >= 11 is 0. The van der Waals surface area contributed by atoms with Gasteiger partial charge in [-0.2, -0.15) is 0 Å². The number of hydrogen-bond acceptors (Lipinski definition) is 4. The molecule has 0 aliphatic carbocycles. The summed E-state index contributed by atoms with van der Waals surface area (Å²) in [5.74, 6) is -4.43. The van der Waals surface area contributed by atoms with E-state index in [9.17, 15) is 19.8 Å². The Hall–Kier alpha value is -1.14. The van der Waals surface area contributed by atoms with Crippen LogP contribution in [0.4, 0.5) is 0 Å². The molecule has 0 aromatic rings. The first-order valence-corrected chi connectivity index (χ1v) is 7.86. The van der Waals surface area contributed by atoms with Crippen LogP contribution in [-0.4, -0.2) is 44.6 Å². The summed E-state index contributed by atoms with van der Waals surface area (Å²) in [4.78, 5) is 23.7. The van der Waals surface area contributed by atoms with Gasteiger partial charge in [-0.05, 0) is 40.5 Å². The second-order valence-electron chi connectivity index (χ2n) is 8.28. The molecule has 22 heavy (non-hydrogen) atoms. The smallest absolute Gasteiger partial charge is 0.310 e. The maximum absolute atomic E-state index is 11.8. The quantitative estimate of drug-likeness (QED) is 0.803. The summed E-state index contributed by atoms with van der Waals surface area (Å²) in [6.45, 7) is 7.60. The van der Waals surface area contributed by atoms with Crippen molar-refractivity contribution in [3.05, 3.63) is 0 Å². The van der Waals surface area contributed by atoms with Crippen molar-refractivity contribution in [1.29, 1.82) is 0 Å². The Morgan fingerprint density at radius 2 is 1.18 bits per heavy atom. The zero-order chi connectivity index (χ0) is 16.3. The van der Waals surface area contributed by atoms with Gasteiger partial charge in [0.05, 0.1) is 22.4 Å². The van der Waals surface area contributed by atoms with Gasteiger partial charge in [0, 0.05) is 11.8 Å². The van der Waals surface area contributed by atoms with Crippen molar-refractivity contribution in [2.75, 3.05) is 0 Å². The van der Waals surface area contributed by atoms with E-state index in [2.05, 4.69) is 0 Å². The Morgan fingerprint density at radius 1 is 0.818 bits per heavy atom. The molecule has 8 atom stereocenters. The lowest BCUT2D eigenvalue weighted by molar-refractivity contribution is -0.161. The molecule has 6 nitrogen and oxygen atoms in total. The number of fused-ring (bicyclic) bond motifs is 9. The maximum atomic E-state index is 11.8. The molecule has 4 heterocycles. The predicted octanol–water partition coefficient (Wildman–Crippen LogP) is 1.52. The van der Waals surface area contributed by atoms with E-state index in [0.29, 0.717) is 0 Å². The molecule has 0 radical (unpaired) electrons. The van der Waals surface area contributed by atoms with Crippen LogP contribution in [0.25, 0.3) is 0 Å². The number of hydrogen-bond donors (Lipinski definition) is 2. The highest BCUT2D eigenvalue weighted by atomic mass is 16.6. The third-order valence-corrected chi connectivity index (χ3v) is 7.01. The second-order valence-corrected chi connectivity index (χ2v) is 8.28. The largest absolute Gasteiger partial charge is 0.481 e. The van der Waals surface area contributed by atoms with Crippen molar-refractivity contribution < 1.29 is 29.3 Å². The Kier molecular flexibility index (Phi) is 2.31. The van der Waals surface area contributed by atoms with Gasteiger partial charge in [0.15, 0.2) is 0 Å². The lowest BCUT2D eigenvalue weighted by Crippen LogP contribution is -2.61. The molecule has 2 N–H and O–H groups in total. The van der Waals surface area contributed by atoms with Crippen LogP contribution < -0.4 is 0 Å². The molecule has 0 amide bonds. The zero-order valence-electron chi connectivity index (χ0n) is 13.3. The minimum absolute atomic E-state index is 0.0829. The monoisotopic (exact) mass is 310 g/mol. The van der Waals surface area contributed by atoms with Crippen LogP contribution in [0.3, 0.4) is 0 Å². The Labute approximate surface area is 128 Å². The molecule has 0 spiro atoms. The summed E-state index contributed by atoms with van der Waals surface area (Å²) in [6.07, 6.45) is 1.73. The van der Waals surface area contributed by atoms with Crippen LogP contribution in [-0.2, 0) is 19.1 Å². The molecule has 4 bridgehead atoms. The summed E-state index contributed by atoms with van der Waals surface area (Å²) in [5.41, 5.74) is -2.85. The third kappa shape index (κ3) is 1.23. The minimum atomic E-state index is -1.09. The van der Waals surface area contributed by atoms with E-state index < -0.39 is 46.2 Å². The van der Waals surface area contributed by atoms with Crippen LogP contribution in [0.1, 0.15) is 40.5 Å². The van der Waals surface area contributed by atoms with Crippen LogP contribution in [0, 0.1) is 23.7 Å². The molecule has 0 aromatic heterocycles. The van der Waals surface area contributed by atoms with Gasteiger partial charge in [-0.1, -0.05) is 0 Å². The first kappa shape index (κ1) is 14.5. The first-order chi connectivity index (χ1) is 10.00. The predicted molar refractivity (Wildman–Crippen MR) is 74.3 cm³/mol. The van der Waals surface area contributed by atoms with E-state index in [4.69, 9.17) is 9.47 Å². The van der Waals surface area contributed by atoms with Crippen LogP contribution >= 0.6 is 0 Å². The molecule has 0 unspecified atom stereocenters. The molecule has 0 aromatic carbocycles. The van der Waals surface area contributed by atoms with Gasteiger partial charge in [0.2, 0.25) is 0 Å². The highest BCUT2D eigenvalue weighted by molar-refractivity contribution is 5.84. The van der Waals surface area contributed by atoms with Crippen molar-refractivity contribution in [1.82, 2.24) is 0 Å². The molecule has 4 fully saturated rings. The highest BCUT2D eigenvalue weighted by Gasteiger charge is 2.85.